The molecule has 0 aliphatic carbocycles. The van der Waals surface area contributed by atoms with E-state index in [1.54, 1.807) is 0 Å². The number of carbonyl (C=O) groups is 1. The highest BCUT2D eigenvalue weighted by Crippen LogP contribution is 2.32. The van der Waals surface area contributed by atoms with Crippen molar-refractivity contribution in [2.75, 3.05) is 0 Å². The molecule has 0 aromatic heterocycles. The number of esters is 1. The fourth-order valence-electron chi connectivity index (χ4n) is 3.71. The molecule has 0 bridgehead atoms. The molecule has 0 heterocycles. The van der Waals surface area contributed by atoms with E-state index in [-0.39, 0.29) is 18.0 Å². The zero-order chi connectivity index (χ0) is 19.0. The Morgan fingerprint density at radius 1 is 0.750 bits per heavy atom. The molecule has 0 aliphatic rings. The van der Waals surface area contributed by atoms with Crippen molar-refractivity contribution < 1.29 is 9.53 Å². The Bertz CT molecular complexity index is 348. The molecule has 6 atom stereocenters. The number of carbonyl (C=O) groups excluding carboxylic acids is 1. The maximum atomic E-state index is 12.7. The van der Waals surface area contributed by atoms with Gasteiger partial charge in [0.25, 0.3) is 0 Å². The predicted octanol–water partition coefficient (Wildman–Crippen LogP) is 6.58. The molecule has 0 amide bonds. The van der Waals surface area contributed by atoms with Gasteiger partial charge in [-0.15, -0.1) is 0 Å². The van der Waals surface area contributed by atoms with Crippen LogP contribution in [0.1, 0.15) is 88.5 Å². The molecule has 6 unspecified atom stereocenters. The van der Waals surface area contributed by atoms with E-state index in [9.17, 15) is 4.79 Å². The molecule has 0 rings (SSSR count). The summed E-state index contributed by atoms with van der Waals surface area (Å²) in [7, 11) is 0. The molecule has 0 saturated heterocycles. The molecule has 144 valence electrons. The second-order valence-corrected chi connectivity index (χ2v) is 9.07. The number of hydrogen-bond donors (Lipinski definition) is 0. The van der Waals surface area contributed by atoms with Crippen molar-refractivity contribution in [1.29, 1.82) is 0 Å². The standard InChI is InChI=1S/C22H44O2/c1-11-17(7)18(8)12-16(6)13-19(9)21(15(4)5)22(23)24-20(10)14(2)3/h14-21H,11-13H2,1-10H3. The second-order valence-electron chi connectivity index (χ2n) is 9.07. The van der Waals surface area contributed by atoms with Gasteiger partial charge >= 0.3 is 5.97 Å². The van der Waals surface area contributed by atoms with Crippen LogP contribution in [-0.2, 0) is 9.53 Å². The highest BCUT2D eigenvalue weighted by Gasteiger charge is 2.32. The van der Waals surface area contributed by atoms with Crippen LogP contribution in [0.25, 0.3) is 0 Å². The van der Waals surface area contributed by atoms with Gasteiger partial charge in [0.2, 0.25) is 0 Å². The van der Waals surface area contributed by atoms with E-state index in [1.165, 1.54) is 12.8 Å². The van der Waals surface area contributed by atoms with Crippen molar-refractivity contribution in [2.24, 2.45) is 41.4 Å². The van der Waals surface area contributed by atoms with E-state index in [2.05, 4.69) is 62.3 Å². The van der Waals surface area contributed by atoms with Crippen LogP contribution >= 0.6 is 0 Å². The SMILES string of the molecule is CCC(C)C(C)CC(C)CC(C)C(C(=O)OC(C)C(C)C)C(C)C. The zero-order valence-electron chi connectivity index (χ0n) is 18.1. The fraction of sp³-hybridized carbons (Fsp3) is 0.955. The van der Waals surface area contributed by atoms with E-state index in [0.717, 1.165) is 18.3 Å². The van der Waals surface area contributed by atoms with Gasteiger partial charge in [-0.05, 0) is 55.3 Å². The molecule has 0 spiro atoms. The first-order valence-electron chi connectivity index (χ1n) is 10.2. The van der Waals surface area contributed by atoms with Crippen LogP contribution in [0.2, 0.25) is 0 Å². The first-order valence-corrected chi connectivity index (χ1v) is 10.2. The number of hydrogen-bond acceptors (Lipinski definition) is 2. The second kappa shape index (κ2) is 11.2. The number of rotatable bonds is 11. The minimum atomic E-state index is -0.00574. The van der Waals surface area contributed by atoms with Gasteiger partial charge in [-0.25, -0.2) is 0 Å². The van der Waals surface area contributed by atoms with Gasteiger partial charge in [0.15, 0.2) is 0 Å². The summed E-state index contributed by atoms with van der Waals surface area (Å²) in [4.78, 5) is 12.7. The predicted molar refractivity (Wildman–Crippen MR) is 105 cm³/mol. The van der Waals surface area contributed by atoms with E-state index >= 15 is 0 Å². The third-order valence-electron chi connectivity index (χ3n) is 6.01. The minimum absolute atomic E-state index is 0.000810. The van der Waals surface area contributed by atoms with Crippen molar-refractivity contribution in [3.8, 4) is 0 Å². The first kappa shape index (κ1) is 23.5. The molecule has 24 heavy (non-hydrogen) atoms. The van der Waals surface area contributed by atoms with Crippen LogP contribution < -0.4 is 0 Å². The maximum Gasteiger partial charge on any atom is 0.309 e. The van der Waals surface area contributed by atoms with Gasteiger partial charge in [-0.1, -0.05) is 68.7 Å². The third kappa shape index (κ3) is 8.03. The summed E-state index contributed by atoms with van der Waals surface area (Å²) >= 11 is 0. The molecule has 0 radical (unpaired) electrons. The zero-order valence-corrected chi connectivity index (χ0v) is 18.1. The van der Waals surface area contributed by atoms with Crippen LogP contribution in [-0.4, -0.2) is 12.1 Å². The summed E-state index contributed by atoms with van der Waals surface area (Å²) in [5.74, 6) is 3.26. The van der Waals surface area contributed by atoms with E-state index in [4.69, 9.17) is 4.74 Å². The molecular formula is C22H44O2. The van der Waals surface area contributed by atoms with Crippen molar-refractivity contribution in [2.45, 2.75) is 94.6 Å². The van der Waals surface area contributed by atoms with Crippen LogP contribution in [0.5, 0.6) is 0 Å². The van der Waals surface area contributed by atoms with E-state index in [1.807, 2.05) is 6.92 Å². The lowest BCUT2D eigenvalue weighted by Gasteiger charge is -2.31. The molecule has 2 heteroatoms. The molecule has 0 N–H and O–H groups in total. The Balaban J connectivity index is 4.74. The first-order chi connectivity index (χ1) is 11.0. The Morgan fingerprint density at radius 3 is 1.67 bits per heavy atom. The summed E-state index contributed by atoms with van der Waals surface area (Å²) < 4.78 is 5.74. The van der Waals surface area contributed by atoms with E-state index < -0.39 is 0 Å². The van der Waals surface area contributed by atoms with Crippen LogP contribution in [0, 0.1) is 41.4 Å². The third-order valence-corrected chi connectivity index (χ3v) is 6.01. The minimum Gasteiger partial charge on any atom is -0.462 e. The van der Waals surface area contributed by atoms with Gasteiger partial charge in [-0.2, -0.15) is 0 Å². The summed E-state index contributed by atoms with van der Waals surface area (Å²) in [5.41, 5.74) is 0. The molecule has 0 aromatic rings. The average molecular weight is 341 g/mol. The van der Waals surface area contributed by atoms with Crippen LogP contribution in [0.15, 0.2) is 0 Å². The van der Waals surface area contributed by atoms with Gasteiger partial charge in [0.05, 0.1) is 5.92 Å². The number of ether oxygens (including phenoxy) is 1. The Kier molecular flexibility index (Phi) is 10.9. The van der Waals surface area contributed by atoms with Gasteiger partial charge in [-0.3, -0.25) is 4.79 Å². The molecule has 0 aromatic carbocycles. The topological polar surface area (TPSA) is 26.3 Å². The normalized spacial score (nSPS) is 19.7. The molecular weight excluding hydrogens is 296 g/mol. The monoisotopic (exact) mass is 340 g/mol. The lowest BCUT2D eigenvalue weighted by atomic mass is 9.77. The lowest BCUT2D eigenvalue weighted by Crippen LogP contribution is -2.33. The maximum absolute atomic E-state index is 12.7. The van der Waals surface area contributed by atoms with Gasteiger partial charge in [0.1, 0.15) is 6.10 Å². The average Bonchev–Trinajstić information content (AvgIpc) is 2.45. The molecule has 0 fully saturated rings. The van der Waals surface area contributed by atoms with Gasteiger partial charge in [0, 0.05) is 0 Å². The van der Waals surface area contributed by atoms with E-state index in [0.29, 0.717) is 23.7 Å². The fourth-order valence-corrected chi connectivity index (χ4v) is 3.71. The smallest absolute Gasteiger partial charge is 0.309 e. The summed E-state index contributed by atoms with van der Waals surface area (Å²) in [6.07, 6.45) is 3.60. The lowest BCUT2D eigenvalue weighted by molar-refractivity contribution is -0.159. The Labute approximate surface area is 152 Å². The molecule has 2 nitrogen and oxygen atoms in total. The highest BCUT2D eigenvalue weighted by atomic mass is 16.5. The quantitative estimate of drug-likeness (QED) is 0.397. The van der Waals surface area contributed by atoms with Crippen LogP contribution in [0.3, 0.4) is 0 Å². The molecule has 0 saturated carbocycles. The summed E-state index contributed by atoms with van der Waals surface area (Å²) in [5, 5.41) is 0. The van der Waals surface area contributed by atoms with Crippen molar-refractivity contribution >= 4 is 5.97 Å². The highest BCUT2D eigenvalue weighted by molar-refractivity contribution is 5.73. The van der Waals surface area contributed by atoms with Crippen molar-refractivity contribution in [3.05, 3.63) is 0 Å². The van der Waals surface area contributed by atoms with Crippen molar-refractivity contribution in [1.82, 2.24) is 0 Å². The largest absolute Gasteiger partial charge is 0.462 e. The Hall–Kier alpha value is -0.530. The molecule has 0 aliphatic heterocycles. The van der Waals surface area contributed by atoms with Crippen LogP contribution in [0.4, 0.5) is 0 Å². The van der Waals surface area contributed by atoms with Crippen molar-refractivity contribution in [3.63, 3.8) is 0 Å². The summed E-state index contributed by atoms with van der Waals surface area (Å²) in [6.45, 7) is 22.1. The summed E-state index contributed by atoms with van der Waals surface area (Å²) in [6, 6.07) is 0. The Morgan fingerprint density at radius 2 is 1.25 bits per heavy atom. The van der Waals surface area contributed by atoms with Gasteiger partial charge < -0.3 is 4.74 Å².